The number of carboxylic acids is 1. The fourth-order valence-corrected chi connectivity index (χ4v) is 4.60. The average Bonchev–Trinajstić information content (AvgIpc) is 2.77. The Balaban J connectivity index is 1.83. The highest BCUT2D eigenvalue weighted by Gasteiger charge is 2.37. The van der Waals surface area contributed by atoms with Gasteiger partial charge in [0.2, 0.25) is 5.91 Å². The van der Waals surface area contributed by atoms with E-state index in [4.69, 9.17) is 0 Å². The van der Waals surface area contributed by atoms with Crippen LogP contribution >= 0.6 is 0 Å². The Morgan fingerprint density at radius 3 is 2.22 bits per heavy atom. The summed E-state index contributed by atoms with van der Waals surface area (Å²) in [5.41, 5.74) is 3.19. The topological polar surface area (TPSA) is 74.7 Å². The van der Waals surface area contributed by atoms with Crippen molar-refractivity contribution in [2.45, 2.75) is 59.0 Å². The molecule has 0 radical (unpaired) electrons. The molecule has 2 aromatic carbocycles. The number of aliphatic carboxylic acids is 1. The Hall–Kier alpha value is -2.95. The van der Waals surface area contributed by atoms with Crippen LogP contribution in [0.15, 0.2) is 54.6 Å². The summed E-state index contributed by atoms with van der Waals surface area (Å²) in [5.74, 6) is -1.98. The first-order chi connectivity index (χ1) is 15.3. The number of Topliss-reactive ketones (excluding diaryl/α,β-unsaturated/α-hetero) is 1. The maximum absolute atomic E-state index is 13.5. The second kappa shape index (κ2) is 10.6. The number of hydrogen-bond acceptors (Lipinski definition) is 3. The number of ketones is 1. The van der Waals surface area contributed by atoms with E-state index in [9.17, 15) is 19.5 Å². The van der Waals surface area contributed by atoms with E-state index in [-0.39, 0.29) is 29.9 Å². The minimum Gasteiger partial charge on any atom is -0.481 e. The zero-order valence-corrected chi connectivity index (χ0v) is 19.2. The summed E-state index contributed by atoms with van der Waals surface area (Å²) in [5, 5.41) is 9.62. The van der Waals surface area contributed by atoms with Crippen molar-refractivity contribution in [3.63, 3.8) is 0 Å². The lowest BCUT2D eigenvalue weighted by molar-refractivity contribution is -0.147. The van der Waals surface area contributed by atoms with Gasteiger partial charge in [0.1, 0.15) is 0 Å². The smallest absolute Gasteiger partial charge is 0.306 e. The lowest BCUT2D eigenvalue weighted by Crippen LogP contribution is -2.51. The molecule has 3 atom stereocenters. The SMILES string of the molecule is CC(C)C[C@H](CC(=O)[C@@H]1Cc2ccccc2CN1C(=O)[C@H](C)Cc1ccccc1)C(=O)O. The molecule has 1 N–H and O–H groups in total. The fraction of sp³-hybridized carbons (Fsp3) is 0.444. The highest BCUT2D eigenvalue weighted by atomic mass is 16.4. The van der Waals surface area contributed by atoms with Crippen LogP contribution in [0.5, 0.6) is 0 Å². The Morgan fingerprint density at radius 1 is 0.969 bits per heavy atom. The number of benzene rings is 2. The van der Waals surface area contributed by atoms with Crippen molar-refractivity contribution in [2.75, 3.05) is 0 Å². The summed E-state index contributed by atoms with van der Waals surface area (Å²) in [6, 6.07) is 17.1. The number of hydrogen-bond donors (Lipinski definition) is 1. The third kappa shape index (κ3) is 5.84. The molecular formula is C27H33NO4. The van der Waals surface area contributed by atoms with Gasteiger partial charge in [-0.15, -0.1) is 0 Å². The molecule has 3 rings (SSSR count). The molecule has 0 spiro atoms. The second-order valence-electron chi connectivity index (χ2n) is 9.38. The van der Waals surface area contributed by atoms with Crippen LogP contribution in [0.3, 0.4) is 0 Å². The van der Waals surface area contributed by atoms with Crippen LogP contribution in [-0.4, -0.2) is 33.7 Å². The normalized spacial score (nSPS) is 17.5. The van der Waals surface area contributed by atoms with Crippen LogP contribution in [0.2, 0.25) is 0 Å². The molecule has 170 valence electrons. The van der Waals surface area contributed by atoms with Gasteiger partial charge in [0.15, 0.2) is 5.78 Å². The number of fused-ring (bicyclic) bond motifs is 1. The number of carboxylic acid groups (broad SMARTS) is 1. The van der Waals surface area contributed by atoms with Crippen molar-refractivity contribution in [1.29, 1.82) is 0 Å². The molecule has 1 heterocycles. The molecule has 32 heavy (non-hydrogen) atoms. The molecule has 1 aliphatic rings. The van der Waals surface area contributed by atoms with E-state index in [1.54, 1.807) is 4.90 Å². The van der Waals surface area contributed by atoms with Crippen LogP contribution < -0.4 is 0 Å². The van der Waals surface area contributed by atoms with Crippen molar-refractivity contribution in [2.24, 2.45) is 17.8 Å². The van der Waals surface area contributed by atoms with Crippen LogP contribution in [-0.2, 0) is 33.8 Å². The summed E-state index contributed by atoms with van der Waals surface area (Å²) in [4.78, 5) is 40.3. The maximum Gasteiger partial charge on any atom is 0.306 e. The average molecular weight is 436 g/mol. The van der Waals surface area contributed by atoms with E-state index >= 15 is 0 Å². The van der Waals surface area contributed by atoms with E-state index in [1.165, 1.54) is 0 Å². The van der Waals surface area contributed by atoms with Gasteiger partial charge in [0, 0.05) is 25.3 Å². The van der Waals surface area contributed by atoms with Crippen molar-refractivity contribution in [3.8, 4) is 0 Å². The predicted molar refractivity (Wildman–Crippen MR) is 124 cm³/mol. The maximum atomic E-state index is 13.5. The van der Waals surface area contributed by atoms with Crippen molar-refractivity contribution >= 4 is 17.7 Å². The lowest BCUT2D eigenvalue weighted by Gasteiger charge is -2.38. The molecule has 5 heteroatoms. The van der Waals surface area contributed by atoms with Gasteiger partial charge < -0.3 is 10.0 Å². The van der Waals surface area contributed by atoms with Gasteiger partial charge in [-0.3, -0.25) is 14.4 Å². The quantitative estimate of drug-likeness (QED) is 0.628. The van der Waals surface area contributed by atoms with Crippen LogP contribution in [0.25, 0.3) is 0 Å². The number of carbonyl (C=O) groups excluding carboxylic acids is 2. The minimum absolute atomic E-state index is 0.0445. The summed E-state index contributed by atoms with van der Waals surface area (Å²) >= 11 is 0. The zero-order chi connectivity index (χ0) is 23.3. The first-order valence-corrected chi connectivity index (χ1v) is 11.4. The first kappa shape index (κ1) is 23.7. The standard InChI is InChI=1S/C27H33NO4/c1-18(2)13-23(27(31)32)16-25(29)24-15-21-11-7-8-12-22(21)17-28(24)26(30)19(3)14-20-9-5-4-6-10-20/h4-12,18-19,23-24H,13-17H2,1-3H3,(H,31,32)/t19-,23-,24+/m1/s1. The second-order valence-corrected chi connectivity index (χ2v) is 9.38. The summed E-state index contributed by atoms with van der Waals surface area (Å²) in [7, 11) is 0. The Morgan fingerprint density at radius 2 is 1.59 bits per heavy atom. The number of rotatable bonds is 9. The summed E-state index contributed by atoms with van der Waals surface area (Å²) < 4.78 is 0. The van der Waals surface area contributed by atoms with Gasteiger partial charge in [-0.2, -0.15) is 0 Å². The molecule has 1 amide bonds. The predicted octanol–water partition coefficient (Wildman–Crippen LogP) is 4.52. The van der Waals surface area contributed by atoms with Gasteiger partial charge in [-0.1, -0.05) is 75.4 Å². The molecule has 0 saturated carbocycles. The Kier molecular flexibility index (Phi) is 7.84. The Labute approximate surface area is 190 Å². The van der Waals surface area contributed by atoms with E-state index < -0.39 is 17.9 Å². The highest BCUT2D eigenvalue weighted by Crippen LogP contribution is 2.28. The molecule has 0 unspecified atom stereocenters. The fourth-order valence-electron chi connectivity index (χ4n) is 4.60. The zero-order valence-electron chi connectivity index (χ0n) is 19.2. The molecule has 0 fully saturated rings. The van der Waals surface area contributed by atoms with Crippen LogP contribution in [0.4, 0.5) is 0 Å². The molecule has 0 saturated heterocycles. The van der Waals surface area contributed by atoms with E-state index in [2.05, 4.69) is 0 Å². The van der Waals surface area contributed by atoms with Crippen molar-refractivity contribution in [3.05, 3.63) is 71.3 Å². The molecule has 0 aromatic heterocycles. The van der Waals surface area contributed by atoms with Gasteiger partial charge in [-0.25, -0.2) is 0 Å². The molecule has 0 bridgehead atoms. The molecule has 0 aliphatic carbocycles. The third-order valence-corrected chi connectivity index (χ3v) is 6.26. The summed E-state index contributed by atoms with van der Waals surface area (Å²) in [6.45, 7) is 6.19. The number of amides is 1. The van der Waals surface area contributed by atoms with Crippen LogP contribution in [0.1, 0.15) is 50.3 Å². The largest absolute Gasteiger partial charge is 0.481 e. The number of carbonyl (C=O) groups is 3. The van der Waals surface area contributed by atoms with Crippen molar-refractivity contribution < 1.29 is 19.5 Å². The van der Waals surface area contributed by atoms with Gasteiger partial charge in [-0.05, 0) is 35.4 Å². The van der Waals surface area contributed by atoms with Crippen molar-refractivity contribution in [1.82, 2.24) is 4.90 Å². The van der Waals surface area contributed by atoms with Crippen LogP contribution in [0, 0.1) is 17.8 Å². The summed E-state index contributed by atoms with van der Waals surface area (Å²) in [6.07, 6.45) is 1.44. The molecule has 5 nitrogen and oxygen atoms in total. The van der Waals surface area contributed by atoms with Gasteiger partial charge in [0.05, 0.1) is 12.0 Å². The van der Waals surface area contributed by atoms with Gasteiger partial charge >= 0.3 is 5.97 Å². The Bertz CT molecular complexity index is 953. The van der Waals surface area contributed by atoms with Gasteiger partial charge in [0.25, 0.3) is 0 Å². The van der Waals surface area contributed by atoms with E-state index in [0.717, 1.165) is 16.7 Å². The third-order valence-electron chi connectivity index (χ3n) is 6.26. The highest BCUT2D eigenvalue weighted by molar-refractivity contribution is 5.92. The minimum atomic E-state index is -0.946. The first-order valence-electron chi connectivity index (χ1n) is 11.4. The monoisotopic (exact) mass is 435 g/mol. The lowest BCUT2D eigenvalue weighted by atomic mass is 9.85. The molecule has 2 aromatic rings. The van der Waals surface area contributed by atoms with E-state index in [1.807, 2.05) is 75.4 Å². The number of nitrogens with zero attached hydrogens (tertiary/aromatic N) is 1. The molecule has 1 aliphatic heterocycles. The van der Waals surface area contributed by atoms with E-state index in [0.29, 0.717) is 25.8 Å². The molecular weight excluding hydrogens is 402 g/mol.